The van der Waals surface area contributed by atoms with Crippen molar-refractivity contribution < 1.29 is 9.47 Å². The number of hydrogen-bond acceptors (Lipinski definition) is 2. The van der Waals surface area contributed by atoms with Gasteiger partial charge in [-0.1, -0.05) is 31.4 Å². The average molecular weight is 359 g/mol. The third kappa shape index (κ3) is 2.82. The maximum absolute atomic E-state index is 6.40. The first-order chi connectivity index (χ1) is 12.7. The lowest BCUT2D eigenvalue weighted by Gasteiger charge is -2.57. The van der Waals surface area contributed by atoms with Gasteiger partial charge in [0.2, 0.25) is 0 Å². The minimum Gasteiger partial charge on any atom is -0.353 e. The molecule has 4 fully saturated rings. The zero-order valence-electron chi connectivity index (χ0n) is 16.8. The van der Waals surface area contributed by atoms with Gasteiger partial charge in [0.05, 0.1) is 6.61 Å². The molecule has 0 radical (unpaired) electrons. The van der Waals surface area contributed by atoms with E-state index in [1.807, 2.05) is 5.57 Å². The van der Waals surface area contributed by atoms with E-state index in [0.29, 0.717) is 10.8 Å². The molecule has 1 unspecified atom stereocenters. The van der Waals surface area contributed by atoms with Gasteiger partial charge in [0, 0.05) is 6.61 Å². The van der Waals surface area contributed by atoms with Crippen molar-refractivity contribution in [1.82, 2.24) is 0 Å². The van der Waals surface area contributed by atoms with Crippen LogP contribution in [0.25, 0.3) is 0 Å². The van der Waals surface area contributed by atoms with Crippen molar-refractivity contribution >= 4 is 0 Å². The summed E-state index contributed by atoms with van der Waals surface area (Å²) in [6.07, 6.45) is 20.6. The van der Waals surface area contributed by atoms with E-state index in [1.54, 1.807) is 0 Å². The summed E-state index contributed by atoms with van der Waals surface area (Å²) >= 11 is 0. The lowest BCUT2D eigenvalue weighted by Crippen LogP contribution is -2.50. The van der Waals surface area contributed by atoms with Gasteiger partial charge in [0.15, 0.2) is 6.29 Å². The minimum absolute atomic E-state index is 0.0887. The first kappa shape index (κ1) is 17.7. The Bertz CT molecular complexity index is 548. The van der Waals surface area contributed by atoms with E-state index in [4.69, 9.17) is 9.47 Å². The molecule has 0 aromatic rings. The predicted molar refractivity (Wildman–Crippen MR) is 105 cm³/mol. The molecule has 0 spiro atoms. The molecule has 4 aliphatic carbocycles. The fraction of sp³-hybridized carbons (Fsp3) is 0.917. The highest BCUT2D eigenvalue weighted by Crippen LogP contribution is 2.65. The van der Waals surface area contributed by atoms with Crippen LogP contribution < -0.4 is 0 Å². The molecule has 5 aliphatic rings. The lowest BCUT2D eigenvalue weighted by molar-refractivity contribution is -0.192. The van der Waals surface area contributed by atoms with Crippen LogP contribution in [0.15, 0.2) is 11.6 Å². The molecule has 146 valence electrons. The van der Waals surface area contributed by atoms with Gasteiger partial charge >= 0.3 is 0 Å². The summed E-state index contributed by atoms with van der Waals surface area (Å²) in [5.74, 6) is 2.78. The van der Waals surface area contributed by atoms with Gasteiger partial charge in [-0.3, -0.25) is 0 Å². The second kappa shape index (κ2) is 6.92. The van der Waals surface area contributed by atoms with Crippen LogP contribution in [0.3, 0.4) is 0 Å². The first-order valence-corrected chi connectivity index (χ1v) is 11.6. The molecule has 0 amide bonds. The second-order valence-electron chi connectivity index (χ2n) is 10.4. The first-order valence-electron chi connectivity index (χ1n) is 11.6. The molecule has 1 aliphatic heterocycles. The largest absolute Gasteiger partial charge is 0.353 e. The normalized spacial score (nSPS) is 48.3. The molecule has 26 heavy (non-hydrogen) atoms. The van der Waals surface area contributed by atoms with Crippen molar-refractivity contribution in [3.63, 3.8) is 0 Å². The van der Waals surface area contributed by atoms with E-state index in [0.717, 1.165) is 37.4 Å². The Morgan fingerprint density at radius 3 is 2.85 bits per heavy atom. The van der Waals surface area contributed by atoms with Crippen LogP contribution in [0.2, 0.25) is 0 Å². The fourth-order valence-electron chi connectivity index (χ4n) is 7.85. The van der Waals surface area contributed by atoms with Crippen molar-refractivity contribution in [3.05, 3.63) is 11.6 Å². The molecule has 0 N–H and O–H groups in total. The quantitative estimate of drug-likeness (QED) is 0.555. The number of rotatable bonds is 3. The summed E-state index contributed by atoms with van der Waals surface area (Å²) in [7, 11) is 0. The van der Waals surface area contributed by atoms with E-state index in [9.17, 15) is 0 Å². The van der Waals surface area contributed by atoms with Crippen LogP contribution in [-0.2, 0) is 9.47 Å². The third-order valence-electron chi connectivity index (χ3n) is 9.24. The number of hydrogen-bond donors (Lipinski definition) is 0. The highest BCUT2D eigenvalue weighted by atomic mass is 16.7. The van der Waals surface area contributed by atoms with Crippen LogP contribution in [0, 0.1) is 28.6 Å². The van der Waals surface area contributed by atoms with Gasteiger partial charge in [0.1, 0.15) is 0 Å². The highest BCUT2D eigenvalue weighted by molar-refractivity contribution is 5.24. The maximum atomic E-state index is 6.40. The molecule has 3 saturated carbocycles. The van der Waals surface area contributed by atoms with E-state index in [1.165, 1.54) is 77.0 Å². The number of allylic oxidation sites excluding steroid dienone is 2. The van der Waals surface area contributed by atoms with Gasteiger partial charge in [-0.25, -0.2) is 0 Å². The van der Waals surface area contributed by atoms with Crippen molar-refractivity contribution in [1.29, 1.82) is 0 Å². The van der Waals surface area contributed by atoms with E-state index in [-0.39, 0.29) is 6.29 Å². The van der Waals surface area contributed by atoms with Crippen molar-refractivity contribution in [2.75, 3.05) is 13.2 Å². The van der Waals surface area contributed by atoms with Gasteiger partial charge in [-0.2, -0.15) is 0 Å². The molecule has 0 aromatic heterocycles. The maximum Gasteiger partial charge on any atom is 0.157 e. The average Bonchev–Trinajstić information content (AvgIpc) is 3.11. The molecule has 5 rings (SSSR count). The number of ether oxygens (including phenoxy) is 2. The van der Waals surface area contributed by atoms with E-state index < -0.39 is 0 Å². The third-order valence-corrected chi connectivity index (χ3v) is 9.24. The van der Waals surface area contributed by atoms with Crippen LogP contribution in [-0.4, -0.2) is 19.5 Å². The zero-order chi connectivity index (χ0) is 17.6. The van der Waals surface area contributed by atoms with Gasteiger partial charge in [-0.05, 0) is 99.2 Å². The molecule has 2 nitrogen and oxygen atoms in total. The zero-order valence-corrected chi connectivity index (χ0v) is 16.8. The van der Waals surface area contributed by atoms with E-state index in [2.05, 4.69) is 13.0 Å². The topological polar surface area (TPSA) is 18.5 Å². The Hall–Kier alpha value is -0.340. The van der Waals surface area contributed by atoms with Crippen LogP contribution >= 0.6 is 0 Å². The van der Waals surface area contributed by atoms with Crippen molar-refractivity contribution in [2.45, 2.75) is 96.7 Å². The van der Waals surface area contributed by atoms with Crippen molar-refractivity contribution in [3.8, 4) is 0 Å². The minimum atomic E-state index is 0.0887. The summed E-state index contributed by atoms with van der Waals surface area (Å²) in [6, 6.07) is 0. The second-order valence-corrected chi connectivity index (χ2v) is 10.4. The predicted octanol–water partition coefficient (Wildman–Crippen LogP) is 6.25. The van der Waals surface area contributed by atoms with Crippen LogP contribution in [0.4, 0.5) is 0 Å². The molecular formula is C24H38O2. The molecule has 0 aromatic carbocycles. The highest BCUT2D eigenvalue weighted by Gasteiger charge is 2.57. The van der Waals surface area contributed by atoms with Gasteiger partial charge in [0.25, 0.3) is 0 Å². The Morgan fingerprint density at radius 1 is 1.00 bits per heavy atom. The standard InChI is InChI=1S/C24H38O2/c1-23-13-4-2-7-18(23)10-11-19-20(23)12-15-24(14-6-8-21(19)24)17-26-22-9-3-5-16-25-22/h10,19-22H,2-9,11-17H2,1H3/t19-,20+,21+,22?,23+,24+/m1/s1. The molecule has 2 heteroatoms. The smallest absolute Gasteiger partial charge is 0.157 e. The lowest BCUT2D eigenvalue weighted by atomic mass is 9.48. The van der Waals surface area contributed by atoms with Crippen LogP contribution in [0.1, 0.15) is 90.4 Å². The summed E-state index contributed by atoms with van der Waals surface area (Å²) in [6.45, 7) is 4.50. The fourth-order valence-corrected chi connectivity index (χ4v) is 7.85. The summed E-state index contributed by atoms with van der Waals surface area (Å²) in [5.41, 5.74) is 2.84. The van der Waals surface area contributed by atoms with E-state index >= 15 is 0 Å². The molecular weight excluding hydrogens is 320 g/mol. The Morgan fingerprint density at radius 2 is 1.96 bits per heavy atom. The summed E-state index contributed by atoms with van der Waals surface area (Å²) in [5, 5.41) is 0. The van der Waals surface area contributed by atoms with Crippen LogP contribution in [0.5, 0.6) is 0 Å². The SMILES string of the molecule is C[C@]12CCCCC1=CC[C@H]1[C@@H]3CCC[C@@]3(COC3CCCCO3)CC[C@@H]12. The van der Waals surface area contributed by atoms with Gasteiger partial charge < -0.3 is 9.47 Å². The Kier molecular flexibility index (Phi) is 4.72. The molecule has 1 saturated heterocycles. The molecule has 1 heterocycles. The monoisotopic (exact) mass is 358 g/mol. The Labute approximate surface area is 160 Å². The molecule has 6 atom stereocenters. The summed E-state index contributed by atoms with van der Waals surface area (Å²) < 4.78 is 12.3. The molecule has 0 bridgehead atoms. The van der Waals surface area contributed by atoms with Gasteiger partial charge in [-0.15, -0.1) is 0 Å². The summed E-state index contributed by atoms with van der Waals surface area (Å²) in [4.78, 5) is 0. The number of fused-ring (bicyclic) bond motifs is 5. The Balaban J connectivity index is 1.34. The van der Waals surface area contributed by atoms with Crippen molar-refractivity contribution in [2.24, 2.45) is 28.6 Å².